The number of rotatable bonds is 16. The van der Waals surface area contributed by atoms with E-state index < -0.39 is 17.9 Å². The van der Waals surface area contributed by atoms with E-state index in [1.807, 2.05) is 0 Å². The highest BCUT2D eigenvalue weighted by atomic mass is 16.4. The molecule has 0 fully saturated rings. The SMILES string of the molecule is CCCCCCCCCCC(CC)(CC)CC(CC(=O)O)C(=O)O. The van der Waals surface area contributed by atoms with Gasteiger partial charge < -0.3 is 10.2 Å². The lowest BCUT2D eigenvalue weighted by molar-refractivity contribution is -0.149. The van der Waals surface area contributed by atoms with Gasteiger partial charge in [0.25, 0.3) is 0 Å². The number of unbranched alkanes of at least 4 members (excludes halogenated alkanes) is 7. The summed E-state index contributed by atoms with van der Waals surface area (Å²) >= 11 is 0. The molecule has 0 radical (unpaired) electrons. The van der Waals surface area contributed by atoms with Gasteiger partial charge in [0.15, 0.2) is 0 Å². The molecule has 0 aliphatic heterocycles. The van der Waals surface area contributed by atoms with Gasteiger partial charge in [-0.3, -0.25) is 9.59 Å². The topological polar surface area (TPSA) is 74.6 Å². The molecule has 0 aliphatic rings. The van der Waals surface area contributed by atoms with E-state index in [0.29, 0.717) is 6.42 Å². The molecule has 2 N–H and O–H groups in total. The van der Waals surface area contributed by atoms with Gasteiger partial charge >= 0.3 is 11.9 Å². The second-order valence-corrected chi connectivity index (χ2v) is 7.27. The summed E-state index contributed by atoms with van der Waals surface area (Å²) in [6.45, 7) is 6.44. The standard InChI is InChI=1S/C20H38O4/c1-4-7-8-9-10-11-12-13-14-20(5-2,6-3)16-17(19(23)24)15-18(21)22/h17H,4-16H2,1-3H3,(H,21,22)(H,23,24). The lowest BCUT2D eigenvalue weighted by Gasteiger charge is -2.34. The average molecular weight is 343 g/mol. The lowest BCUT2D eigenvalue weighted by Crippen LogP contribution is -2.28. The van der Waals surface area contributed by atoms with E-state index in [1.165, 1.54) is 44.9 Å². The molecule has 0 aromatic rings. The number of carboxylic acids is 2. The van der Waals surface area contributed by atoms with Crippen molar-refractivity contribution in [3.8, 4) is 0 Å². The molecule has 0 saturated carbocycles. The first kappa shape index (κ1) is 22.9. The Kier molecular flexibility index (Phi) is 12.7. The van der Waals surface area contributed by atoms with Crippen molar-refractivity contribution in [1.29, 1.82) is 0 Å². The predicted molar refractivity (Wildman–Crippen MR) is 98.2 cm³/mol. The van der Waals surface area contributed by atoms with E-state index in [9.17, 15) is 14.7 Å². The highest BCUT2D eigenvalue weighted by Gasteiger charge is 2.33. The Balaban J connectivity index is 4.33. The van der Waals surface area contributed by atoms with Gasteiger partial charge in [-0.25, -0.2) is 0 Å². The molecule has 0 bridgehead atoms. The molecule has 1 atom stereocenters. The van der Waals surface area contributed by atoms with E-state index in [2.05, 4.69) is 20.8 Å². The molecule has 0 amide bonds. The Hall–Kier alpha value is -1.06. The van der Waals surface area contributed by atoms with Crippen molar-refractivity contribution < 1.29 is 19.8 Å². The summed E-state index contributed by atoms with van der Waals surface area (Å²) < 4.78 is 0. The third kappa shape index (κ3) is 9.94. The second-order valence-electron chi connectivity index (χ2n) is 7.27. The van der Waals surface area contributed by atoms with Crippen LogP contribution in [0.5, 0.6) is 0 Å². The van der Waals surface area contributed by atoms with Crippen molar-refractivity contribution in [1.82, 2.24) is 0 Å². The average Bonchev–Trinajstić information content (AvgIpc) is 2.54. The highest BCUT2D eigenvalue weighted by molar-refractivity contribution is 5.77. The van der Waals surface area contributed by atoms with Gasteiger partial charge in [-0.1, -0.05) is 85.0 Å². The summed E-state index contributed by atoms with van der Waals surface area (Å²) in [5.41, 5.74) is -0.0271. The van der Waals surface area contributed by atoms with Crippen LogP contribution in [0.3, 0.4) is 0 Å². The number of hydrogen-bond donors (Lipinski definition) is 2. The molecule has 0 aromatic heterocycles. The Morgan fingerprint density at radius 2 is 1.33 bits per heavy atom. The van der Waals surface area contributed by atoms with E-state index in [4.69, 9.17) is 5.11 Å². The van der Waals surface area contributed by atoms with Gasteiger partial charge in [0.2, 0.25) is 0 Å². The van der Waals surface area contributed by atoms with Crippen molar-refractivity contribution in [3.63, 3.8) is 0 Å². The number of carboxylic acid groups (broad SMARTS) is 2. The summed E-state index contributed by atoms with van der Waals surface area (Å²) in [4.78, 5) is 22.3. The quantitative estimate of drug-likeness (QED) is 0.343. The molecule has 4 nitrogen and oxygen atoms in total. The van der Waals surface area contributed by atoms with Crippen LogP contribution in [0, 0.1) is 11.3 Å². The van der Waals surface area contributed by atoms with Crippen LogP contribution in [0.25, 0.3) is 0 Å². The smallest absolute Gasteiger partial charge is 0.307 e. The van der Waals surface area contributed by atoms with E-state index in [0.717, 1.165) is 25.7 Å². The zero-order valence-corrected chi connectivity index (χ0v) is 16.0. The molecule has 0 aliphatic carbocycles. The Bertz CT molecular complexity index is 348. The highest BCUT2D eigenvalue weighted by Crippen LogP contribution is 2.40. The van der Waals surface area contributed by atoms with Crippen LogP contribution in [0.4, 0.5) is 0 Å². The van der Waals surface area contributed by atoms with E-state index in [1.54, 1.807) is 0 Å². The van der Waals surface area contributed by atoms with Crippen LogP contribution >= 0.6 is 0 Å². The molecule has 142 valence electrons. The van der Waals surface area contributed by atoms with E-state index >= 15 is 0 Å². The van der Waals surface area contributed by atoms with Crippen molar-refractivity contribution in [2.45, 2.75) is 104 Å². The zero-order valence-electron chi connectivity index (χ0n) is 16.0. The fourth-order valence-corrected chi connectivity index (χ4v) is 3.61. The van der Waals surface area contributed by atoms with Crippen LogP contribution in [-0.2, 0) is 9.59 Å². The van der Waals surface area contributed by atoms with Gasteiger partial charge in [0, 0.05) is 0 Å². The van der Waals surface area contributed by atoms with Crippen LogP contribution < -0.4 is 0 Å². The van der Waals surface area contributed by atoms with Crippen molar-refractivity contribution in [2.75, 3.05) is 0 Å². The van der Waals surface area contributed by atoms with Crippen LogP contribution in [0.15, 0.2) is 0 Å². The van der Waals surface area contributed by atoms with Crippen LogP contribution in [-0.4, -0.2) is 22.2 Å². The third-order valence-corrected chi connectivity index (χ3v) is 5.51. The summed E-state index contributed by atoms with van der Waals surface area (Å²) in [7, 11) is 0. The summed E-state index contributed by atoms with van der Waals surface area (Å²) in [6.07, 6.45) is 13.2. The molecule has 0 aromatic carbocycles. The number of carbonyl (C=O) groups is 2. The zero-order chi connectivity index (χ0) is 18.4. The summed E-state index contributed by atoms with van der Waals surface area (Å²) in [6, 6.07) is 0. The minimum Gasteiger partial charge on any atom is -0.481 e. The third-order valence-electron chi connectivity index (χ3n) is 5.51. The van der Waals surface area contributed by atoms with Gasteiger partial charge in [-0.05, 0) is 18.3 Å². The number of aliphatic carboxylic acids is 2. The molecule has 0 saturated heterocycles. The van der Waals surface area contributed by atoms with Crippen LogP contribution in [0.1, 0.15) is 104 Å². The van der Waals surface area contributed by atoms with Crippen molar-refractivity contribution in [2.24, 2.45) is 11.3 Å². The fourth-order valence-electron chi connectivity index (χ4n) is 3.61. The van der Waals surface area contributed by atoms with Gasteiger partial charge in [0.1, 0.15) is 0 Å². The van der Waals surface area contributed by atoms with Gasteiger partial charge in [0.05, 0.1) is 12.3 Å². The molecule has 0 spiro atoms. The first-order valence-corrected chi connectivity index (χ1v) is 9.85. The maximum atomic E-state index is 11.4. The predicted octanol–water partition coefficient (Wildman–Crippen LogP) is 5.89. The summed E-state index contributed by atoms with van der Waals surface area (Å²) in [5, 5.41) is 18.3. The Labute approximate surface area is 148 Å². The monoisotopic (exact) mass is 342 g/mol. The van der Waals surface area contributed by atoms with Crippen molar-refractivity contribution in [3.05, 3.63) is 0 Å². The first-order valence-electron chi connectivity index (χ1n) is 9.85. The maximum absolute atomic E-state index is 11.4. The molecular weight excluding hydrogens is 304 g/mol. The molecule has 4 heteroatoms. The Morgan fingerprint density at radius 1 is 0.833 bits per heavy atom. The molecule has 0 rings (SSSR count). The minimum absolute atomic E-state index is 0.0271. The second kappa shape index (κ2) is 13.3. The van der Waals surface area contributed by atoms with Crippen molar-refractivity contribution >= 4 is 11.9 Å². The fraction of sp³-hybridized carbons (Fsp3) is 0.900. The summed E-state index contributed by atoms with van der Waals surface area (Å²) in [5.74, 6) is -2.76. The van der Waals surface area contributed by atoms with Gasteiger partial charge in [-0.2, -0.15) is 0 Å². The van der Waals surface area contributed by atoms with Crippen LogP contribution in [0.2, 0.25) is 0 Å². The van der Waals surface area contributed by atoms with E-state index in [-0.39, 0.29) is 11.8 Å². The Morgan fingerprint density at radius 3 is 1.75 bits per heavy atom. The molecule has 1 unspecified atom stereocenters. The first-order chi connectivity index (χ1) is 11.4. The molecule has 0 heterocycles. The molecular formula is C20H38O4. The largest absolute Gasteiger partial charge is 0.481 e. The maximum Gasteiger partial charge on any atom is 0.307 e. The molecule has 24 heavy (non-hydrogen) atoms. The normalized spacial score (nSPS) is 13.0. The minimum atomic E-state index is -1.02. The lowest BCUT2D eigenvalue weighted by atomic mass is 9.71. The number of hydrogen-bond acceptors (Lipinski definition) is 2. The van der Waals surface area contributed by atoms with Gasteiger partial charge in [-0.15, -0.1) is 0 Å².